The first kappa shape index (κ1) is 17.4. The van der Waals surface area contributed by atoms with E-state index in [9.17, 15) is 23.1 Å². The molecular formula is C17H20N2O6S. The normalized spacial score (nSPS) is 24.9. The van der Waals surface area contributed by atoms with Gasteiger partial charge in [0.15, 0.2) is 6.04 Å². The maximum absolute atomic E-state index is 12.8. The Balaban J connectivity index is 1.57. The van der Waals surface area contributed by atoms with Gasteiger partial charge in [-0.1, -0.05) is 6.07 Å². The summed E-state index contributed by atoms with van der Waals surface area (Å²) in [6.45, 7) is 1.41. The van der Waals surface area contributed by atoms with Crippen molar-refractivity contribution >= 4 is 21.9 Å². The van der Waals surface area contributed by atoms with Crippen molar-refractivity contribution in [3.8, 4) is 0 Å². The summed E-state index contributed by atoms with van der Waals surface area (Å²) < 4.78 is 32.1. The number of carbonyl (C=O) groups is 2. The first-order chi connectivity index (χ1) is 12.3. The van der Waals surface area contributed by atoms with E-state index in [0.29, 0.717) is 13.1 Å². The van der Waals surface area contributed by atoms with E-state index in [2.05, 4.69) is 0 Å². The van der Waals surface area contributed by atoms with Gasteiger partial charge in [0.1, 0.15) is 0 Å². The Morgan fingerprint density at radius 2 is 1.96 bits per heavy atom. The molecule has 1 atom stereocenters. The fourth-order valence-corrected chi connectivity index (χ4v) is 5.23. The number of morpholine rings is 1. The zero-order chi connectivity index (χ0) is 18.5. The van der Waals surface area contributed by atoms with Crippen molar-refractivity contribution in [1.29, 1.82) is 0 Å². The number of amides is 1. The van der Waals surface area contributed by atoms with Gasteiger partial charge in [0.2, 0.25) is 10.0 Å². The molecule has 1 amide bonds. The third-order valence-electron chi connectivity index (χ3n) is 5.37. The number of carboxylic acid groups (broad SMARTS) is 1. The minimum absolute atomic E-state index is 0.0685. The molecule has 1 N–H and O–H groups in total. The first-order valence-electron chi connectivity index (χ1n) is 8.54. The fourth-order valence-electron chi connectivity index (χ4n) is 3.52. The molecule has 1 spiro atoms. The highest BCUT2D eigenvalue weighted by molar-refractivity contribution is 7.89. The van der Waals surface area contributed by atoms with E-state index in [1.807, 2.05) is 0 Å². The Kier molecular flexibility index (Phi) is 4.05. The zero-order valence-corrected chi connectivity index (χ0v) is 14.9. The van der Waals surface area contributed by atoms with Crippen LogP contribution in [0.15, 0.2) is 29.2 Å². The highest BCUT2D eigenvalue weighted by atomic mass is 32.2. The standard InChI is InChI=1S/C17H20N2O6S/c20-15(19-6-7-25-9-14(19)16(21)22)12-2-1-3-13(8-12)26(23,24)18-10-17(11-18)4-5-17/h1-3,8,14H,4-7,9-11H2,(H,21,22)/t14-/m1/s1. The summed E-state index contributed by atoms with van der Waals surface area (Å²) in [7, 11) is -3.63. The van der Waals surface area contributed by atoms with Gasteiger partial charge in [-0.15, -0.1) is 0 Å². The molecule has 0 unspecified atom stereocenters. The maximum atomic E-state index is 12.8. The summed E-state index contributed by atoms with van der Waals surface area (Å²) in [6, 6.07) is 4.76. The molecule has 1 aromatic carbocycles. The van der Waals surface area contributed by atoms with Crippen LogP contribution in [0.25, 0.3) is 0 Å². The lowest BCUT2D eigenvalue weighted by Gasteiger charge is -2.38. The van der Waals surface area contributed by atoms with E-state index in [4.69, 9.17) is 4.74 Å². The molecule has 26 heavy (non-hydrogen) atoms. The molecule has 3 aliphatic rings. The molecule has 9 heteroatoms. The number of hydrogen-bond donors (Lipinski definition) is 1. The fraction of sp³-hybridized carbons (Fsp3) is 0.529. The van der Waals surface area contributed by atoms with E-state index in [1.165, 1.54) is 33.5 Å². The Morgan fingerprint density at radius 3 is 2.62 bits per heavy atom. The largest absolute Gasteiger partial charge is 0.480 e. The van der Waals surface area contributed by atoms with E-state index in [-0.39, 0.29) is 35.6 Å². The third kappa shape index (κ3) is 2.89. The van der Waals surface area contributed by atoms with Crippen LogP contribution in [-0.2, 0) is 19.6 Å². The first-order valence-corrected chi connectivity index (χ1v) is 9.98. The van der Waals surface area contributed by atoms with Crippen molar-refractivity contribution in [2.45, 2.75) is 23.8 Å². The van der Waals surface area contributed by atoms with Crippen LogP contribution in [0.5, 0.6) is 0 Å². The molecular weight excluding hydrogens is 360 g/mol. The number of hydrogen-bond acceptors (Lipinski definition) is 5. The van der Waals surface area contributed by atoms with Crippen LogP contribution in [0.4, 0.5) is 0 Å². The second-order valence-electron chi connectivity index (χ2n) is 7.23. The molecule has 0 radical (unpaired) electrons. The maximum Gasteiger partial charge on any atom is 0.328 e. The molecule has 0 aromatic heterocycles. The molecule has 2 aliphatic heterocycles. The number of benzene rings is 1. The van der Waals surface area contributed by atoms with Gasteiger partial charge in [-0.25, -0.2) is 13.2 Å². The lowest BCUT2D eigenvalue weighted by molar-refractivity contribution is -0.147. The average molecular weight is 380 g/mol. The highest BCUT2D eigenvalue weighted by Crippen LogP contribution is 2.54. The third-order valence-corrected chi connectivity index (χ3v) is 7.16. The molecule has 0 bridgehead atoms. The predicted molar refractivity (Wildman–Crippen MR) is 90.1 cm³/mol. The summed E-state index contributed by atoms with van der Waals surface area (Å²) in [5.41, 5.74) is 0.365. The van der Waals surface area contributed by atoms with Gasteiger partial charge >= 0.3 is 5.97 Å². The van der Waals surface area contributed by atoms with Crippen molar-refractivity contribution in [2.24, 2.45) is 5.41 Å². The topological polar surface area (TPSA) is 104 Å². The number of sulfonamides is 1. The van der Waals surface area contributed by atoms with Crippen molar-refractivity contribution in [2.75, 3.05) is 32.8 Å². The van der Waals surface area contributed by atoms with Gasteiger partial charge in [0.25, 0.3) is 5.91 Å². The molecule has 1 aliphatic carbocycles. The van der Waals surface area contributed by atoms with E-state index in [0.717, 1.165) is 12.8 Å². The minimum Gasteiger partial charge on any atom is -0.480 e. The van der Waals surface area contributed by atoms with Crippen LogP contribution >= 0.6 is 0 Å². The Morgan fingerprint density at radius 1 is 1.23 bits per heavy atom. The Bertz CT molecular complexity index is 856. The van der Waals surface area contributed by atoms with E-state index >= 15 is 0 Å². The van der Waals surface area contributed by atoms with Gasteiger partial charge in [-0.3, -0.25) is 4.79 Å². The lowest BCUT2D eigenvalue weighted by Crippen LogP contribution is -2.52. The minimum atomic E-state index is -3.63. The molecule has 8 nitrogen and oxygen atoms in total. The van der Waals surface area contributed by atoms with Gasteiger partial charge in [-0.2, -0.15) is 4.31 Å². The number of ether oxygens (including phenoxy) is 1. The average Bonchev–Trinajstić information content (AvgIpc) is 3.41. The SMILES string of the molecule is O=C(O)[C@H]1COCCN1C(=O)c1cccc(S(=O)(=O)N2CC3(CC3)C2)c1. The van der Waals surface area contributed by atoms with Crippen molar-refractivity contribution in [3.63, 3.8) is 0 Å². The predicted octanol–water partition coefficient (Wildman–Crippen LogP) is 0.397. The van der Waals surface area contributed by atoms with Gasteiger partial charge in [0, 0.05) is 25.2 Å². The quantitative estimate of drug-likeness (QED) is 0.811. The highest BCUT2D eigenvalue weighted by Gasteiger charge is 2.55. The van der Waals surface area contributed by atoms with Crippen molar-refractivity contribution in [1.82, 2.24) is 9.21 Å². The summed E-state index contributed by atoms with van der Waals surface area (Å²) in [4.78, 5) is 25.4. The molecule has 2 heterocycles. The van der Waals surface area contributed by atoms with Gasteiger partial charge in [0.05, 0.1) is 18.1 Å². The smallest absolute Gasteiger partial charge is 0.328 e. The lowest BCUT2D eigenvalue weighted by atomic mass is 10.0. The van der Waals surface area contributed by atoms with Crippen LogP contribution in [0.2, 0.25) is 0 Å². The van der Waals surface area contributed by atoms with Crippen LogP contribution in [0, 0.1) is 5.41 Å². The summed E-state index contributed by atoms with van der Waals surface area (Å²) in [6.07, 6.45) is 2.15. The molecule has 2 saturated heterocycles. The van der Waals surface area contributed by atoms with E-state index in [1.54, 1.807) is 0 Å². The number of rotatable bonds is 4. The van der Waals surface area contributed by atoms with Gasteiger partial charge < -0.3 is 14.7 Å². The Hall–Kier alpha value is -1.97. The number of aliphatic carboxylic acids is 1. The second-order valence-corrected chi connectivity index (χ2v) is 9.17. The van der Waals surface area contributed by atoms with E-state index < -0.39 is 27.9 Å². The molecule has 3 fully saturated rings. The van der Waals surface area contributed by atoms with Crippen molar-refractivity contribution < 1.29 is 27.9 Å². The molecule has 1 aromatic rings. The van der Waals surface area contributed by atoms with Crippen LogP contribution in [-0.4, -0.2) is 73.5 Å². The zero-order valence-electron chi connectivity index (χ0n) is 14.1. The van der Waals surface area contributed by atoms with Crippen LogP contribution in [0.1, 0.15) is 23.2 Å². The molecule has 1 saturated carbocycles. The summed E-state index contributed by atoms with van der Waals surface area (Å²) >= 11 is 0. The summed E-state index contributed by atoms with van der Waals surface area (Å²) in [5.74, 6) is -1.64. The number of carboxylic acids is 1. The van der Waals surface area contributed by atoms with Gasteiger partial charge in [-0.05, 0) is 36.5 Å². The number of carbonyl (C=O) groups excluding carboxylic acids is 1. The molecule has 140 valence electrons. The van der Waals surface area contributed by atoms with Crippen molar-refractivity contribution in [3.05, 3.63) is 29.8 Å². The monoisotopic (exact) mass is 380 g/mol. The Labute approximate surface area is 151 Å². The molecule has 4 rings (SSSR count). The number of nitrogens with zero attached hydrogens (tertiary/aromatic N) is 2. The van der Waals surface area contributed by atoms with Crippen LogP contribution in [0.3, 0.4) is 0 Å². The second kappa shape index (κ2) is 6.04. The summed E-state index contributed by atoms with van der Waals surface area (Å²) in [5, 5.41) is 9.28. The van der Waals surface area contributed by atoms with Crippen LogP contribution < -0.4 is 0 Å².